The Kier molecular flexibility index (Phi) is 5.99. The van der Waals surface area contributed by atoms with E-state index in [0.29, 0.717) is 42.0 Å². The van der Waals surface area contributed by atoms with Crippen molar-refractivity contribution in [3.8, 4) is 10.6 Å². The number of aromatic nitrogens is 2. The van der Waals surface area contributed by atoms with E-state index in [1.807, 2.05) is 5.10 Å². The van der Waals surface area contributed by atoms with Gasteiger partial charge in [0, 0.05) is 37.1 Å². The monoisotopic (exact) mass is 462 g/mol. The summed E-state index contributed by atoms with van der Waals surface area (Å²) in [5.74, 6) is 0. The van der Waals surface area contributed by atoms with Crippen LogP contribution in [-0.4, -0.2) is 60.0 Å². The van der Waals surface area contributed by atoms with Gasteiger partial charge in [0.05, 0.1) is 9.77 Å². The number of hydrogen-bond acceptors (Lipinski definition) is 5. The molecule has 3 heterocycles. The molecule has 30 heavy (non-hydrogen) atoms. The van der Waals surface area contributed by atoms with Gasteiger partial charge < -0.3 is 0 Å². The summed E-state index contributed by atoms with van der Waals surface area (Å²) in [5.41, 5.74) is -0.856. The number of rotatable bonds is 4. The average Bonchev–Trinajstić information content (AvgIpc) is 3.36. The smallest absolute Gasteiger partial charge is 0.298 e. The number of piperazine rings is 1. The lowest BCUT2D eigenvalue weighted by molar-refractivity contribution is -0.141. The van der Waals surface area contributed by atoms with Crippen LogP contribution < -0.4 is 0 Å². The molecule has 1 aliphatic heterocycles. The third-order valence-electron chi connectivity index (χ3n) is 5.99. The summed E-state index contributed by atoms with van der Waals surface area (Å²) < 4.78 is 66.4. The van der Waals surface area contributed by atoms with E-state index in [-0.39, 0.29) is 10.6 Å². The number of thiophene rings is 1. The molecule has 0 spiro atoms. The van der Waals surface area contributed by atoms with E-state index >= 15 is 0 Å². The molecule has 2 aliphatic rings. The highest BCUT2D eigenvalue weighted by atomic mass is 32.2. The first-order valence-electron chi connectivity index (χ1n) is 10.1. The first kappa shape index (κ1) is 21.8. The molecule has 0 unspecified atom stereocenters. The Morgan fingerprint density at radius 2 is 1.77 bits per heavy atom. The number of nitrogens with one attached hydrogen (secondary N) is 1. The molecule has 1 saturated heterocycles. The Labute approximate surface area is 178 Å². The Morgan fingerprint density at radius 1 is 1.10 bits per heavy atom. The molecule has 0 aromatic carbocycles. The predicted octanol–water partition coefficient (Wildman–Crippen LogP) is 4.10. The lowest BCUT2D eigenvalue weighted by atomic mass is 9.94. The maximum Gasteiger partial charge on any atom is 0.432 e. The third-order valence-corrected chi connectivity index (χ3v) is 9.22. The quantitative estimate of drug-likeness (QED) is 0.743. The molecule has 0 bridgehead atoms. The second-order valence-corrected chi connectivity index (χ2v) is 11.1. The Morgan fingerprint density at radius 3 is 2.37 bits per heavy atom. The summed E-state index contributed by atoms with van der Waals surface area (Å²) in [6.45, 7) is 3.98. The minimum absolute atomic E-state index is 0.0963. The number of aromatic amines is 1. The van der Waals surface area contributed by atoms with Gasteiger partial charge in [0.15, 0.2) is 0 Å². The van der Waals surface area contributed by atoms with E-state index < -0.39 is 21.9 Å². The standard InChI is InChI=1S/C19H25F3N4O2S2/c1-13-17(12-16(29-13)15-11-18(24-23-15)19(20,21)22)30(27,28)26-9-7-25(8-10-26)14-5-3-2-4-6-14/h11-12,14H,2-10H2,1H3,(H,23,24). The van der Waals surface area contributed by atoms with Gasteiger partial charge in [-0.25, -0.2) is 8.42 Å². The van der Waals surface area contributed by atoms with E-state index in [4.69, 9.17) is 0 Å². The highest BCUT2D eigenvalue weighted by Gasteiger charge is 2.35. The van der Waals surface area contributed by atoms with Crippen molar-refractivity contribution in [2.75, 3.05) is 26.2 Å². The van der Waals surface area contributed by atoms with Gasteiger partial charge >= 0.3 is 6.18 Å². The van der Waals surface area contributed by atoms with Crippen molar-refractivity contribution in [2.45, 2.75) is 56.1 Å². The largest absolute Gasteiger partial charge is 0.432 e. The van der Waals surface area contributed by atoms with Crippen molar-refractivity contribution in [3.05, 3.63) is 22.7 Å². The van der Waals surface area contributed by atoms with Crippen LogP contribution in [0.5, 0.6) is 0 Å². The Bertz CT molecular complexity index is 986. The number of alkyl halides is 3. The van der Waals surface area contributed by atoms with Crippen LogP contribution in [0.4, 0.5) is 13.2 Å². The fourth-order valence-corrected chi connectivity index (χ4v) is 7.28. The number of nitrogens with zero attached hydrogens (tertiary/aromatic N) is 3. The molecule has 6 nitrogen and oxygen atoms in total. The number of H-pyrrole nitrogens is 1. The second-order valence-electron chi connectivity index (χ2n) is 7.93. The first-order valence-corrected chi connectivity index (χ1v) is 12.4. The van der Waals surface area contributed by atoms with Crippen LogP contribution in [0.2, 0.25) is 0 Å². The van der Waals surface area contributed by atoms with Crippen LogP contribution in [0.1, 0.15) is 42.7 Å². The molecule has 1 saturated carbocycles. The summed E-state index contributed by atoms with van der Waals surface area (Å²) >= 11 is 1.14. The maximum atomic E-state index is 13.2. The molecule has 2 aromatic heterocycles. The zero-order valence-corrected chi connectivity index (χ0v) is 18.3. The van der Waals surface area contributed by atoms with Gasteiger partial charge in [-0.05, 0) is 31.9 Å². The van der Waals surface area contributed by atoms with E-state index in [1.54, 1.807) is 6.92 Å². The molecule has 4 rings (SSSR count). The van der Waals surface area contributed by atoms with Crippen molar-refractivity contribution < 1.29 is 21.6 Å². The van der Waals surface area contributed by atoms with E-state index in [9.17, 15) is 21.6 Å². The third kappa shape index (κ3) is 4.30. The molecule has 11 heteroatoms. The topological polar surface area (TPSA) is 69.3 Å². The molecular formula is C19H25F3N4O2S2. The van der Waals surface area contributed by atoms with Gasteiger partial charge in [-0.2, -0.15) is 22.6 Å². The van der Waals surface area contributed by atoms with Crippen molar-refractivity contribution in [2.24, 2.45) is 0 Å². The van der Waals surface area contributed by atoms with Crippen molar-refractivity contribution in [3.63, 3.8) is 0 Å². The van der Waals surface area contributed by atoms with E-state index in [0.717, 1.165) is 17.4 Å². The zero-order chi connectivity index (χ0) is 21.5. The number of sulfonamides is 1. The number of aryl methyl sites for hydroxylation is 1. The second kappa shape index (κ2) is 8.25. The molecule has 0 atom stereocenters. The first-order chi connectivity index (χ1) is 14.2. The van der Waals surface area contributed by atoms with Crippen LogP contribution in [0.15, 0.2) is 17.0 Å². The van der Waals surface area contributed by atoms with Crippen molar-refractivity contribution in [1.29, 1.82) is 0 Å². The molecule has 2 aromatic rings. The number of halogens is 3. The Balaban J connectivity index is 1.49. The summed E-state index contributed by atoms with van der Waals surface area (Å²) in [7, 11) is -3.70. The van der Waals surface area contributed by atoms with Crippen LogP contribution in [0.25, 0.3) is 10.6 Å². The van der Waals surface area contributed by atoms with Crippen molar-refractivity contribution in [1.82, 2.24) is 19.4 Å². The van der Waals surface area contributed by atoms with Crippen LogP contribution in [0.3, 0.4) is 0 Å². The van der Waals surface area contributed by atoms with Crippen LogP contribution in [-0.2, 0) is 16.2 Å². The van der Waals surface area contributed by atoms with E-state index in [1.165, 1.54) is 42.5 Å². The van der Waals surface area contributed by atoms with Gasteiger partial charge in [0.25, 0.3) is 0 Å². The zero-order valence-electron chi connectivity index (χ0n) is 16.7. The van der Waals surface area contributed by atoms with Crippen molar-refractivity contribution >= 4 is 21.4 Å². The molecule has 2 fully saturated rings. The van der Waals surface area contributed by atoms with Gasteiger partial charge in [-0.15, -0.1) is 11.3 Å². The summed E-state index contributed by atoms with van der Waals surface area (Å²) in [6, 6.07) is 2.91. The van der Waals surface area contributed by atoms with Crippen LogP contribution in [0, 0.1) is 6.92 Å². The number of hydrogen-bond donors (Lipinski definition) is 1. The molecule has 1 N–H and O–H groups in total. The summed E-state index contributed by atoms with van der Waals surface area (Å²) in [5, 5.41) is 5.69. The summed E-state index contributed by atoms with van der Waals surface area (Å²) in [6.07, 6.45) is 1.61. The van der Waals surface area contributed by atoms with Gasteiger partial charge in [-0.3, -0.25) is 10.00 Å². The molecule has 1 aliphatic carbocycles. The fraction of sp³-hybridized carbons (Fsp3) is 0.632. The lowest BCUT2D eigenvalue weighted by Crippen LogP contribution is -2.52. The Hall–Kier alpha value is -1.43. The van der Waals surface area contributed by atoms with Crippen LogP contribution >= 0.6 is 11.3 Å². The van der Waals surface area contributed by atoms with Gasteiger partial charge in [0.1, 0.15) is 11.4 Å². The molecular weight excluding hydrogens is 437 g/mol. The fourth-order valence-electron chi connectivity index (χ4n) is 4.34. The van der Waals surface area contributed by atoms with Gasteiger partial charge in [0.2, 0.25) is 10.0 Å². The predicted molar refractivity (Wildman–Crippen MR) is 109 cm³/mol. The highest BCUT2D eigenvalue weighted by Crippen LogP contribution is 2.37. The maximum absolute atomic E-state index is 13.2. The molecule has 0 radical (unpaired) electrons. The normalized spacial score (nSPS) is 20.7. The highest BCUT2D eigenvalue weighted by molar-refractivity contribution is 7.89. The summed E-state index contributed by atoms with van der Waals surface area (Å²) in [4.78, 5) is 3.51. The SMILES string of the molecule is Cc1sc(-c2cc(C(F)(F)F)[nH]n2)cc1S(=O)(=O)N1CCN(C2CCCCC2)CC1. The average molecular weight is 463 g/mol. The van der Waals surface area contributed by atoms with E-state index in [2.05, 4.69) is 10.00 Å². The molecule has 166 valence electrons. The molecule has 0 amide bonds. The lowest BCUT2D eigenvalue weighted by Gasteiger charge is -2.40. The minimum atomic E-state index is -4.52. The van der Waals surface area contributed by atoms with Gasteiger partial charge in [-0.1, -0.05) is 19.3 Å². The minimum Gasteiger partial charge on any atom is -0.298 e.